The Bertz CT molecular complexity index is 5140. The molecule has 5 heterocycles. The minimum Gasteiger partial charge on any atom is -0.480 e. The van der Waals surface area contributed by atoms with Crippen LogP contribution < -0.4 is 97.0 Å². The molecule has 2 saturated heterocycles. The molecule has 29 N–H and O–H groups in total. The molecule has 17 amide bonds. The number of aliphatic hydroxyl groups excluding tert-OH is 2. The molecule has 2 fully saturated rings. The van der Waals surface area contributed by atoms with E-state index in [-0.39, 0.29) is 109 Å². The first-order valence-electron chi connectivity index (χ1n) is 50.5. The van der Waals surface area contributed by atoms with E-state index in [2.05, 4.69) is 115 Å². The number of rotatable bonds is 63. The molecule has 0 radical (unpaired) electrons. The molecule has 7 rings (SSSR count). The van der Waals surface area contributed by atoms with Gasteiger partial charge in [0.25, 0.3) is 0 Å². The van der Waals surface area contributed by atoms with Crippen molar-refractivity contribution in [3.8, 4) is 0 Å². The van der Waals surface area contributed by atoms with E-state index in [1.54, 1.807) is 67.7 Å². The van der Waals surface area contributed by atoms with Crippen LogP contribution in [0.5, 0.6) is 0 Å². The van der Waals surface area contributed by atoms with E-state index < -0.39 is 276 Å². The number of nitrogens with zero attached hydrogens (tertiary/aromatic N) is 6. The number of nitrogens with two attached hydrogens (primary N) is 3. The number of unbranched alkanes of at least 4 members (excludes halogenated alkanes) is 13. The number of primary amides is 2. The number of aliphatic carboxylic acids is 2. The maximum atomic E-state index is 15.5. The summed E-state index contributed by atoms with van der Waals surface area (Å²) in [7, 11) is 0. The molecule has 0 aliphatic carbocycles. The zero-order valence-electron chi connectivity index (χ0n) is 84.0. The van der Waals surface area contributed by atoms with Crippen LogP contribution in [0.3, 0.4) is 0 Å². The fourth-order valence-electron chi connectivity index (χ4n) is 16.7. The zero-order valence-corrected chi connectivity index (χ0v) is 84.0. The zero-order chi connectivity index (χ0) is 108. The predicted octanol–water partition coefficient (Wildman–Crippen LogP) is -4.92. The molecule has 3 aromatic heterocycles. The third-order valence-electron chi connectivity index (χ3n) is 24.6. The first-order valence-corrected chi connectivity index (χ1v) is 50.5. The van der Waals surface area contributed by atoms with Crippen LogP contribution >= 0.6 is 0 Å². The molecule has 12 atom stereocenters. The Labute approximate surface area is 860 Å². The van der Waals surface area contributed by atoms with Gasteiger partial charge in [-0.1, -0.05) is 139 Å². The van der Waals surface area contributed by atoms with Crippen molar-refractivity contribution in [2.75, 3.05) is 91.9 Å². The number of aliphatic hydroxyl groups is 2. The number of carboxylic acids is 2. The lowest BCUT2D eigenvalue weighted by atomic mass is 10.0. The lowest BCUT2D eigenvalue weighted by Gasteiger charge is -2.31. The number of amides is 17. The number of nitrogens with one attached hydrogen (secondary N) is 19. The van der Waals surface area contributed by atoms with Crippen LogP contribution in [0, 0.1) is 5.41 Å². The largest absolute Gasteiger partial charge is 0.480 e. The van der Waals surface area contributed by atoms with Gasteiger partial charge < -0.3 is 142 Å². The Morgan fingerprint density at radius 3 is 1.86 bits per heavy atom. The number of imidazole rings is 1. The summed E-state index contributed by atoms with van der Waals surface area (Å²) in [6.45, 7) is -4.86. The van der Waals surface area contributed by atoms with Crippen LogP contribution in [-0.4, -0.2) is 349 Å². The third-order valence-corrected chi connectivity index (χ3v) is 24.6. The number of benzene rings is 2. The minimum atomic E-state index is -2.08. The summed E-state index contributed by atoms with van der Waals surface area (Å²) in [4.78, 5) is 276. The van der Waals surface area contributed by atoms with Crippen molar-refractivity contribution in [1.82, 2.24) is 125 Å². The van der Waals surface area contributed by atoms with Gasteiger partial charge in [-0.05, 0) is 91.8 Å². The Hall–Kier alpha value is -14.7. The number of carboxylic acid groups (broad SMARTS) is 2. The first kappa shape index (κ1) is 121. The molecule has 0 spiro atoms. The average molecular weight is 2090 g/mol. The standard InChI is InChI=1S/C96H146N28O25/c1-2-3-28-66(86(138)114-69-35-37-79(129)102-38-23-22-30-65(85(98)137)110-90(142)71(45-60-48-105-64-29-21-20-27-63(60)64)115-87(139)67(31-24-39-104-96(99)100)111-89(141)70(44-59-25-16-15-17-26-59)117-94(146)75-47-62(126)52-124(75)95(69)147)112-92(144)73(50-106-81(131)53-123(54-83(133)134)55-84(135)136)118-91(143)72(46-61-49-101-58-108-61)116-88(140)68(34-36-76(97)127)113-93(145)74(56-125)109-80(130)51-107-82(132)57-149-43-42-148-41-40-103-78(128)33-19-14-12-10-8-6-4-5-7-9-11-13-18-32-77-119-121-122-120-77/h15-17,20-21,25-27,29,48-49,58,62,65-75,105,125-126H,2-14,18-19,22-24,28,30-47,50-57H2,1H3,(H2,97,127)(H2,98,137)(H,101,108)(H,102,129)(H,103,128)(H,106,131)(H,107,132)(H,109,130)(H,110,142)(H,111,141)(H,112,144)(H,113,145)(H,114,138)(H,115,139)(H,116,140)(H,117,146)(H,118,143)(H,133,134)(H,135,136)(H4,99,100,104)(H,119,120,121,122)/t62-,65+,66+,67+,68+,69+,70-,71+,72+,73+,74+,75+/m1/s1. The van der Waals surface area contributed by atoms with Crippen molar-refractivity contribution < 1.29 is 121 Å². The summed E-state index contributed by atoms with van der Waals surface area (Å²) in [5.41, 5.74) is 18.9. The second-order valence-electron chi connectivity index (χ2n) is 36.7. The highest BCUT2D eigenvalue weighted by Gasteiger charge is 2.45. The molecule has 53 nitrogen and oxygen atoms in total. The smallest absolute Gasteiger partial charge is 0.317 e. The molecule has 0 unspecified atom stereocenters. The monoisotopic (exact) mass is 2090 g/mol. The molecule has 2 aromatic carbocycles. The van der Waals surface area contributed by atoms with Gasteiger partial charge in [0.2, 0.25) is 100 Å². The van der Waals surface area contributed by atoms with Crippen LogP contribution in [-0.2, 0) is 126 Å². The fraction of sp³-hybridized carbons (Fsp3) is 0.604. The summed E-state index contributed by atoms with van der Waals surface area (Å²) < 4.78 is 10.9. The van der Waals surface area contributed by atoms with Crippen molar-refractivity contribution >= 4 is 129 Å². The Morgan fingerprint density at radius 2 is 1.20 bits per heavy atom. The fourth-order valence-corrected chi connectivity index (χ4v) is 16.7. The molecule has 0 saturated carbocycles. The van der Waals surface area contributed by atoms with E-state index >= 15 is 28.8 Å². The molecule has 0 bridgehead atoms. The maximum absolute atomic E-state index is 15.5. The Morgan fingerprint density at radius 1 is 0.584 bits per heavy atom. The summed E-state index contributed by atoms with van der Waals surface area (Å²) in [5.74, 6) is -19.5. The third kappa shape index (κ3) is 46.9. The molecular weight excluding hydrogens is 1950 g/mol. The number of hydrogen-bond donors (Lipinski definition) is 26. The normalized spacial score (nSPS) is 18.1. The van der Waals surface area contributed by atoms with E-state index in [9.17, 15) is 82.8 Å². The minimum absolute atomic E-state index is 0.0146. The summed E-state index contributed by atoms with van der Waals surface area (Å²) >= 11 is 0. The highest BCUT2D eigenvalue weighted by Crippen LogP contribution is 2.25. The van der Waals surface area contributed by atoms with Gasteiger partial charge >= 0.3 is 11.9 Å². The number of H-pyrrole nitrogens is 3. The van der Waals surface area contributed by atoms with Crippen LogP contribution in [0.4, 0.5) is 0 Å². The lowest BCUT2D eigenvalue weighted by Crippen LogP contribution is -2.62. The van der Waals surface area contributed by atoms with Crippen molar-refractivity contribution in [3.63, 3.8) is 0 Å². The van der Waals surface area contributed by atoms with Gasteiger partial charge in [-0.25, -0.2) is 10.1 Å². The van der Waals surface area contributed by atoms with Crippen molar-refractivity contribution in [2.45, 2.75) is 279 Å². The number of fused-ring (bicyclic) bond motifs is 2. The van der Waals surface area contributed by atoms with Crippen LogP contribution in [0.2, 0.25) is 0 Å². The Kier molecular flexibility index (Phi) is 54.7. The molecule has 2 aliphatic rings. The summed E-state index contributed by atoms with van der Waals surface area (Å²) in [5, 5.41) is 102. The summed E-state index contributed by atoms with van der Waals surface area (Å²) in [6, 6.07) is -3.45. The SMILES string of the molecule is CCCC[C@H](NC(=O)[C@H](CNC(=O)CN(CC(=O)O)CC(=O)O)NC(=O)[C@H](Cc1cnc[nH]1)NC(=O)[C@H](CCC(N)=O)NC(=O)[C@H](CO)NC(=O)CNC(=O)COCCOCCNC(=O)CCCCCCCCCCCCCCCc1nnn[nH]1)C(=O)N[C@H]1CCC(=O)NCCCC[C@@H](C(N)=O)NC(=O)[C@H](Cc2c[nH]c3ccccc23)NC(=O)[C@H](CCCNC(=N)N)NC(=O)[C@@H](Cc2ccccc2)NC(=O)[C@@H]2C[C@@H](O)CN2C1=O. The molecule has 820 valence electrons. The van der Waals surface area contributed by atoms with E-state index in [1.807, 2.05) is 0 Å². The van der Waals surface area contributed by atoms with Crippen LogP contribution in [0.25, 0.3) is 10.9 Å². The number of guanidine groups is 1. The topological polar surface area (TPSA) is 811 Å². The van der Waals surface area contributed by atoms with E-state index in [1.165, 1.54) is 63.9 Å². The first-order chi connectivity index (χ1) is 71.6. The highest BCUT2D eigenvalue weighted by molar-refractivity contribution is 6.01. The molecule has 2 aliphatic heterocycles. The van der Waals surface area contributed by atoms with Gasteiger partial charge in [0.05, 0.1) is 65.0 Å². The number of para-hydroxylation sites is 1. The number of tetrazole rings is 1. The van der Waals surface area contributed by atoms with E-state index in [4.69, 9.17) is 32.1 Å². The second kappa shape index (κ2) is 67.2. The van der Waals surface area contributed by atoms with Gasteiger partial charge in [-0.2, -0.15) is 0 Å². The molecule has 53 heteroatoms. The summed E-state index contributed by atoms with van der Waals surface area (Å²) in [6.07, 6.45) is 14.9. The van der Waals surface area contributed by atoms with Crippen molar-refractivity contribution in [2.24, 2.45) is 17.2 Å². The van der Waals surface area contributed by atoms with Gasteiger partial charge in [0.1, 0.15) is 78.9 Å². The maximum Gasteiger partial charge on any atom is 0.317 e. The quantitative estimate of drug-likeness (QED) is 0.00985. The van der Waals surface area contributed by atoms with Gasteiger partial charge in [-0.3, -0.25) is 101 Å². The van der Waals surface area contributed by atoms with Gasteiger partial charge in [-0.15, -0.1) is 5.10 Å². The number of aryl methyl sites for hydroxylation is 1. The van der Waals surface area contributed by atoms with Crippen LogP contribution in [0.15, 0.2) is 73.3 Å². The van der Waals surface area contributed by atoms with Gasteiger partial charge in [0, 0.05) is 113 Å². The molecule has 149 heavy (non-hydrogen) atoms. The highest BCUT2D eigenvalue weighted by atomic mass is 16.5. The van der Waals surface area contributed by atoms with Crippen molar-refractivity contribution in [1.29, 1.82) is 5.41 Å². The molecule has 5 aromatic rings. The number of hydrogen-bond acceptors (Lipinski definition) is 29. The number of ether oxygens (including phenoxy) is 2. The van der Waals surface area contributed by atoms with Gasteiger partial charge in [0.15, 0.2) is 5.96 Å². The Balaban J connectivity index is 1.04. The number of carbonyl (C=O) groups excluding carboxylic acids is 17. The van der Waals surface area contributed by atoms with E-state index in [0.717, 1.165) is 49.2 Å². The number of aromatic nitrogens is 7. The van der Waals surface area contributed by atoms with Crippen LogP contribution in [0.1, 0.15) is 203 Å². The second-order valence-corrected chi connectivity index (χ2v) is 36.7. The van der Waals surface area contributed by atoms with E-state index in [0.29, 0.717) is 39.8 Å². The lowest BCUT2D eigenvalue weighted by molar-refractivity contribution is -0.143. The number of carbonyl (C=O) groups is 19. The number of aromatic amines is 3. The average Bonchev–Trinajstić information content (AvgIpc) is 1.69. The predicted molar refractivity (Wildman–Crippen MR) is 534 cm³/mol. The molecular formula is C96H146N28O25. The van der Waals surface area contributed by atoms with Crippen molar-refractivity contribution in [3.05, 3.63) is 96.0 Å².